The van der Waals surface area contributed by atoms with Crippen LogP contribution in [0.15, 0.2) is 352 Å². The minimum absolute atomic E-state index is 0.338. The summed E-state index contributed by atoms with van der Waals surface area (Å²) in [5.74, 6) is 3.86. The first-order valence-electron chi connectivity index (χ1n) is 36.1. The van der Waals surface area contributed by atoms with E-state index in [4.69, 9.17) is 35.9 Å². The summed E-state index contributed by atoms with van der Waals surface area (Å²) in [5, 5.41) is 5.89. The Morgan fingerprint density at radius 3 is 0.824 bits per heavy atom. The molecule has 19 rings (SSSR count). The third kappa shape index (κ3) is 14.2. The van der Waals surface area contributed by atoms with Crippen LogP contribution in [0.4, 0.5) is 0 Å². The Balaban J connectivity index is 0.000000126. The molecule has 8 nitrogen and oxygen atoms in total. The van der Waals surface area contributed by atoms with Crippen molar-refractivity contribution < 1.29 is 9.31 Å². The zero-order valence-electron chi connectivity index (χ0n) is 59.8. The summed E-state index contributed by atoms with van der Waals surface area (Å²) < 4.78 is 17.8. The van der Waals surface area contributed by atoms with Gasteiger partial charge in [0.05, 0.1) is 11.2 Å². The molecule has 0 aliphatic carbocycles. The van der Waals surface area contributed by atoms with Gasteiger partial charge in [0.15, 0.2) is 34.9 Å². The van der Waals surface area contributed by atoms with E-state index in [1.165, 1.54) is 84.9 Å². The van der Waals surface area contributed by atoms with E-state index >= 15 is 0 Å². The lowest BCUT2D eigenvalue weighted by Crippen LogP contribution is -2.41. The zero-order chi connectivity index (χ0) is 73.1. The van der Waals surface area contributed by atoms with Crippen LogP contribution in [0.1, 0.15) is 27.7 Å². The van der Waals surface area contributed by atoms with Crippen LogP contribution in [0.5, 0.6) is 0 Å². The molecule has 0 unspecified atom stereocenters. The fourth-order valence-electron chi connectivity index (χ4n) is 13.8. The van der Waals surface area contributed by atoms with Gasteiger partial charge in [0.25, 0.3) is 0 Å². The molecule has 1 fully saturated rings. The molecule has 0 atom stereocenters. The summed E-state index contributed by atoms with van der Waals surface area (Å²) in [6.45, 7) is 8.36. The zero-order valence-corrected chi connectivity index (χ0v) is 62.1. The molecule has 0 radical (unpaired) electrons. The second kappa shape index (κ2) is 30.0. The summed E-state index contributed by atoms with van der Waals surface area (Å²) in [5.41, 5.74) is 18.3. The molecule has 108 heavy (non-hydrogen) atoms. The molecule has 12 heteroatoms. The second-order valence-electron chi connectivity index (χ2n) is 27.6. The highest BCUT2D eigenvalue weighted by molar-refractivity contribution is 7.27. The summed E-state index contributed by atoms with van der Waals surface area (Å²) in [6, 6.07) is 122. The Kier molecular flexibility index (Phi) is 19.1. The smallest absolute Gasteiger partial charge is 0.399 e. The number of aromatic nitrogens is 6. The SMILES string of the molecule is CC1(C)OB(c2ccc(-c3cccc4c3sc3c(-c5ccccc5)cccc34)cc2)OC1(C)C.Clc1cccc(-c2nc(-c3ccccc3)nc(-c3ccccc3)n2)c1.c1ccc(-c2nc(-c3ccccc3)nc(-c3cccc(-c4ccc(-c5cccc6c5sc5c(-c7ccccc7)cccc56)cc4)c3)n2)cc1. The lowest BCUT2D eigenvalue weighted by Gasteiger charge is -2.32. The van der Waals surface area contributed by atoms with E-state index < -0.39 is 0 Å². The molecule has 5 heterocycles. The van der Waals surface area contributed by atoms with Gasteiger partial charge in [-0.25, -0.2) is 29.9 Å². The number of halogens is 1. The molecule has 1 saturated heterocycles. The van der Waals surface area contributed by atoms with Crippen molar-refractivity contribution in [2.45, 2.75) is 38.9 Å². The summed E-state index contributed by atoms with van der Waals surface area (Å²) >= 11 is 9.91. The summed E-state index contributed by atoms with van der Waals surface area (Å²) in [7, 11) is -0.340. The largest absolute Gasteiger partial charge is 0.494 e. The van der Waals surface area contributed by atoms with Crippen molar-refractivity contribution in [1.82, 2.24) is 29.9 Å². The lowest BCUT2D eigenvalue weighted by atomic mass is 9.78. The Bertz CT molecular complexity index is 6120. The standard InChI is InChI=1S/C45H29N3S.C30H27BO2S.C21H14ClN3/c1-4-13-31(14-5-1)37-21-11-23-39-40-24-12-22-38(42(40)49-41(37)39)32-27-25-30(26-28-32)35-19-10-20-36(29-35)45-47-43(33-15-6-2-7-16-33)46-44(48-45)34-17-8-3-9-18-34;1-29(2)30(3,4)33-31(32-29)22-18-16-21(17-19-22)24-13-9-15-26-25-14-8-12-23(27(25)34-28(24)26)20-10-6-5-7-11-20;22-18-13-7-12-17(14-18)21-24-19(15-8-3-1-4-9-15)23-20(25-21)16-10-5-2-6-11-16/h1-29H;5-19H,1-4H3;1-14H. The van der Waals surface area contributed by atoms with Gasteiger partial charge in [-0.1, -0.05) is 345 Å². The molecule has 1 aliphatic rings. The molecule has 0 amide bonds. The average Bonchev–Trinajstić information content (AvgIpc) is 1.61. The first-order valence-corrected chi connectivity index (χ1v) is 38.1. The van der Waals surface area contributed by atoms with Crippen LogP contribution >= 0.6 is 34.3 Å². The molecular weight excluding hydrogens is 1380 g/mol. The van der Waals surface area contributed by atoms with E-state index in [1.807, 2.05) is 168 Å². The number of rotatable bonds is 12. The van der Waals surface area contributed by atoms with E-state index in [-0.39, 0.29) is 18.3 Å². The van der Waals surface area contributed by atoms with Gasteiger partial charge in [0.1, 0.15) is 0 Å². The minimum atomic E-state index is -0.340. The molecule has 1 aliphatic heterocycles. The van der Waals surface area contributed by atoms with Gasteiger partial charge in [0.2, 0.25) is 0 Å². The normalized spacial score (nSPS) is 12.9. The molecule has 0 spiro atoms. The van der Waals surface area contributed by atoms with Gasteiger partial charge in [-0.2, -0.15) is 0 Å². The van der Waals surface area contributed by atoms with Crippen LogP contribution in [-0.2, 0) is 9.31 Å². The fraction of sp³-hybridized carbons (Fsp3) is 0.0625. The number of thiophene rings is 2. The number of benzene rings is 14. The average molecular weight is 1450 g/mol. The van der Waals surface area contributed by atoms with E-state index in [0.717, 1.165) is 50.0 Å². The lowest BCUT2D eigenvalue weighted by molar-refractivity contribution is 0.00578. The second-order valence-corrected chi connectivity index (χ2v) is 30.1. The quantitative estimate of drug-likeness (QED) is 0.112. The third-order valence-corrected chi connectivity index (χ3v) is 22.9. The van der Waals surface area contributed by atoms with Crippen molar-refractivity contribution >= 4 is 87.2 Å². The van der Waals surface area contributed by atoms with Gasteiger partial charge in [0, 0.05) is 78.7 Å². The van der Waals surface area contributed by atoms with Crippen molar-refractivity contribution in [2.75, 3.05) is 0 Å². The molecule has 518 valence electrons. The number of fused-ring (bicyclic) bond motifs is 6. The highest BCUT2D eigenvalue weighted by atomic mass is 35.5. The van der Waals surface area contributed by atoms with Crippen LogP contribution in [-0.4, -0.2) is 48.2 Å². The van der Waals surface area contributed by atoms with Gasteiger partial charge >= 0.3 is 7.12 Å². The highest BCUT2D eigenvalue weighted by Crippen LogP contribution is 2.47. The first-order chi connectivity index (χ1) is 52.9. The molecule has 0 saturated carbocycles. The highest BCUT2D eigenvalue weighted by Gasteiger charge is 2.51. The third-order valence-electron chi connectivity index (χ3n) is 20.1. The molecule has 14 aromatic carbocycles. The van der Waals surface area contributed by atoms with Crippen LogP contribution in [0.25, 0.3) is 164 Å². The van der Waals surface area contributed by atoms with Crippen LogP contribution in [0.2, 0.25) is 5.02 Å². The van der Waals surface area contributed by atoms with Crippen LogP contribution in [0.3, 0.4) is 0 Å². The maximum absolute atomic E-state index is 6.24. The molecule has 18 aromatic rings. The van der Waals surface area contributed by atoms with E-state index in [9.17, 15) is 0 Å². The van der Waals surface area contributed by atoms with E-state index in [2.05, 4.69) is 249 Å². The Morgan fingerprint density at radius 1 is 0.241 bits per heavy atom. The predicted octanol–water partition coefficient (Wildman–Crippen LogP) is 25.5. The number of nitrogens with zero attached hydrogens (tertiary/aromatic N) is 6. The number of hydrogen-bond acceptors (Lipinski definition) is 10. The minimum Gasteiger partial charge on any atom is -0.399 e. The molecule has 0 N–H and O–H groups in total. The maximum atomic E-state index is 6.24. The molecular formula is C96H70BClN6O2S2. The molecule has 4 aromatic heterocycles. The van der Waals surface area contributed by atoms with Gasteiger partial charge < -0.3 is 9.31 Å². The van der Waals surface area contributed by atoms with E-state index in [0.29, 0.717) is 40.0 Å². The monoisotopic (exact) mass is 1450 g/mol. The Morgan fingerprint density at radius 2 is 0.491 bits per heavy atom. The summed E-state index contributed by atoms with van der Waals surface area (Å²) in [6.07, 6.45) is 0. The van der Waals surface area contributed by atoms with Crippen molar-refractivity contribution in [3.05, 3.63) is 357 Å². The van der Waals surface area contributed by atoms with Gasteiger partial charge in [-0.05, 0) is 107 Å². The Hall–Kier alpha value is -12.2. The van der Waals surface area contributed by atoms with Gasteiger partial charge in [-0.3, -0.25) is 0 Å². The van der Waals surface area contributed by atoms with E-state index in [1.54, 1.807) is 0 Å². The topological polar surface area (TPSA) is 95.8 Å². The maximum Gasteiger partial charge on any atom is 0.494 e. The van der Waals surface area contributed by atoms with Crippen molar-refractivity contribution in [3.63, 3.8) is 0 Å². The van der Waals surface area contributed by atoms with Gasteiger partial charge in [-0.15, -0.1) is 22.7 Å². The van der Waals surface area contributed by atoms with Crippen LogP contribution in [0, 0.1) is 0 Å². The predicted molar refractivity (Wildman–Crippen MR) is 452 cm³/mol. The fourth-order valence-corrected chi connectivity index (χ4v) is 16.7. The van der Waals surface area contributed by atoms with Crippen LogP contribution < -0.4 is 5.46 Å². The molecule has 0 bridgehead atoms. The summed E-state index contributed by atoms with van der Waals surface area (Å²) in [4.78, 5) is 28.7. The first kappa shape index (κ1) is 68.9. The van der Waals surface area contributed by atoms with Crippen molar-refractivity contribution in [2.24, 2.45) is 0 Å². The Labute approximate surface area is 641 Å². The van der Waals surface area contributed by atoms with Crippen molar-refractivity contribution in [3.8, 4) is 124 Å². The number of hydrogen-bond donors (Lipinski definition) is 0. The van der Waals surface area contributed by atoms with Crippen molar-refractivity contribution in [1.29, 1.82) is 0 Å².